The van der Waals surface area contributed by atoms with Crippen molar-refractivity contribution in [1.82, 2.24) is 9.97 Å². The minimum atomic E-state index is -0.498. The van der Waals surface area contributed by atoms with Gasteiger partial charge in [-0.2, -0.15) is 0 Å². The summed E-state index contributed by atoms with van der Waals surface area (Å²) in [5, 5.41) is 0. The summed E-state index contributed by atoms with van der Waals surface area (Å²) in [5.74, 6) is -0.498. The van der Waals surface area contributed by atoms with E-state index in [4.69, 9.17) is 9.47 Å². The molecule has 0 aromatic carbocycles. The molecule has 0 aliphatic carbocycles. The van der Waals surface area contributed by atoms with Gasteiger partial charge in [-0.15, -0.1) is 0 Å². The molecule has 1 fully saturated rings. The normalized spacial score (nSPS) is 26.2. The number of hydrogen-bond acceptors (Lipinski definition) is 4. The summed E-state index contributed by atoms with van der Waals surface area (Å²) in [6, 6.07) is 0. The van der Waals surface area contributed by atoms with E-state index < -0.39 is 5.79 Å². The van der Waals surface area contributed by atoms with E-state index in [1.807, 2.05) is 13.8 Å². The molecule has 4 nitrogen and oxygen atoms in total. The molecule has 0 amide bonds. The molecule has 1 aliphatic rings. The molecule has 2 rings (SSSR count). The van der Waals surface area contributed by atoms with Crippen molar-refractivity contribution >= 4 is 0 Å². The van der Waals surface area contributed by atoms with Crippen LogP contribution in [-0.2, 0) is 9.47 Å². The van der Waals surface area contributed by atoms with E-state index in [0.29, 0.717) is 6.61 Å². The molecular weight excluding hydrogens is 168 g/mol. The Kier molecular flexibility index (Phi) is 2.01. The molecule has 0 saturated carbocycles. The second-order valence-electron chi connectivity index (χ2n) is 3.45. The van der Waals surface area contributed by atoms with Gasteiger partial charge in [-0.3, -0.25) is 9.97 Å². The molecule has 0 unspecified atom stereocenters. The third-order valence-electron chi connectivity index (χ3n) is 1.92. The highest BCUT2D eigenvalue weighted by molar-refractivity contribution is 5.01. The maximum atomic E-state index is 5.61. The van der Waals surface area contributed by atoms with Crippen LogP contribution in [0.5, 0.6) is 0 Å². The Bertz CT molecular complexity index is 287. The van der Waals surface area contributed by atoms with Gasteiger partial charge in [-0.05, 0) is 13.8 Å². The maximum Gasteiger partial charge on any atom is 0.163 e. The van der Waals surface area contributed by atoms with Crippen LogP contribution in [0, 0.1) is 0 Å². The van der Waals surface area contributed by atoms with Gasteiger partial charge in [0.25, 0.3) is 0 Å². The van der Waals surface area contributed by atoms with E-state index in [2.05, 4.69) is 9.97 Å². The van der Waals surface area contributed by atoms with E-state index in [1.54, 1.807) is 18.6 Å². The molecular formula is C9H12N2O2. The zero-order chi connectivity index (χ0) is 9.31. The summed E-state index contributed by atoms with van der Waals surface area (Å²) in [7, 11) is 0. The molecule has 1 aromatic heterocycles. The summed E-state index contributed by atoms with van der Waals surface area (Å²) in [5.41, 5.74) is 0.827. The highest BCUT2D eigenvalue weighted by atomic mass is 16.7. The Balaban J connectivity index is 2.13. The molecule has 1 aliphatic heterocycles. The number of aromatic nitrogens is 2. The number of hydrogen-bond donors (Lipinski definition) is 0. The molecule has 2 heterocycles. The van der Waals surface area contributed by atoms with Crippen molar-refractivity contribution in [1.29, 1.82) is 0 Å². The fourth-order valence-corrected chi connectivity index (χ4v) is 1.31. The lowest BCUT2D eigenvalue weighted by molar-refractivity contribution is -0.139. The first-order valence-electron chi connectivity index (χ1n) is 4.25. The molecule has 0 N–H and O–H groups in total. The number of rotatable bonds is 1. The standard InChI is InChI=1S/C9H12N2O2/c1-9(2)12-6-8(13-9)7-5-10-3-4-11-7/h3-5,8H,6H2,1-2H3/t8-/m1/s1. The lowest BCUT2D eigenvalue weighted by atomic mass is 10.3. The predicted molar refractivity (Wildman–Crippen MR) is 45.9 cm³/mol. The lowest BCUT2D eigenvalue weighted by Gasteiger charge is -2.16. The third kappa shape index (κ3) is 1.84. The minimum Gasteiger partial charge on any atom is -0.347 e. The van der Waals surface area contributed by atoms with Crippen LogP contribution < -0.4 is 0 Å². The molecule has 4 heteroatoms. The highest BCUT2D eigenvalue weighted by Gasteiger charge is 2.34. The van der Waals surface area contributed by atoms with Crippen molar-refractivity contribution in [3.05, 3.63) is 24.3 Å². The first-order chi connectivity index (χ1) is 6.17. The second-order valence-corrected chi connectivity index (χ2v) is 3.45. The van der Waals surface area contributed by atoms with Gasteiger partial charge in [-0.25, -0.2) is 0 Å². The number of nitrogens with zero attached hydrogens (tertiary/aromatic N) is 2. The molecule has 0 radical (unpaired) electrons. The molecule has 1 atom stereocenters. The Labute approximate surface area is 76.9 Å². The highest BCUT2D eigenvalue weighted by Crippen LogP contribution is 2.31. The van der Waals surface area contributed by atoms with Crippen LogP contribution in [0.4, 0.5) is 0 Å². The van der Waals surface area contributed by atoms with Crippen LogP contribution in [0.25, 0.3) is 0 Å². The summed E-state index contributed by atoms with van der Waals surface area (Å²) in [4.78, 5) is 8.14. The van der Waals surface area contributed by atoms with Gasteiger partial charge in [0.05, 0.1) is 18.5 Å². The summed E-state index contributed by atoms with van der Waals surface area (Å²) >= 11 is 0. The van der Waals surface area contributed by atoms with E-state index in [-0.39, 0.29) is 6.10 Å². The quantitative estimate of drug-likeness (QED) is 0.653. The van der Waals surface area contributed by atoms with Crippen molar-refractivity contribution in [2.75, 3.05) is 6.61 Å². The van der Waals surface area contributed by atoms with Gasteiger partial charge in [-0.1, -0.05) is 0 Å². The van der Waals surface area contributed by atoms with Gasteiger partial charge < -0.3 is 9.47 Å². The first kappa shape index (κ1) is 8.59. The van der Waals surface area contributed by atoms with Crippen molar-refractivity contribution in [2.24, 2.45) is 0 Å². The topological polar surface area (TPSA) is 44.2 Å². The van der Waals surface area contributed by atoms with Gasteiger partial charge >= 0.3 is 0 Å². The van der Waals surface area contributed by atoms with Crippen LogP contribution in [0.15, 0.2) is 18.6 Å². The maximum absolute atomic E-state index is 5.61. The van der Waals surface area contributed by atoms with Crippen LogP contribution in [0.2, 0.25) is 0 Å². The molecule has 1 aromatic rings. The summed E-state index contributed by atoms with van der Waals surface area (Å²) in [6.07, 6.45) is 4.92. The van der Waals surface area contributed by atoms with Crippen molar-refractivity contribution in [3.63, 3.8) is 0 Å². The van der Waals surface area contributed by atoms with Crippen molar-refractivity contribution in [3.8, 4) is 0 Å². The van der Waals surface area contributed by atoms with Gasteiger partial charge in [0.15, 0.2) is 5.79 Å². The molecule has 0 bridgehead atoms. The monoisotopic (exact) mass is 180 g/mol. The average Bonchev–Trinajstić information content (AvgIpc) is 2.48. The lowest BCUT2D eigenvalue weighted by Crippen LogP contribution is -2.19. The van der Waals surface area contributed by atoms with Crippen LogP contribution in [0.3, 0.4) is 0 Å². The van der Waals surface area contributed by atoms with E-state index in [9.17, 15) is 0 Å². The van der Waals surface area contributed by atoms with Gasteiger partial charge in [0.1, 0.15) is 6.10 Å². The average molecular weight is 180 g/mol. The minimum absolute atomic E-state index is 0.0799. The SMILES string of the molecule is CC1(C)OC[C@H](c2cnccn2)O1. The Morgan fingerprint density at radius 2 is 2.31 bits per heavy atom. The largest absolute Gasteiger partial charge is 0.347 e. The van der Waals surface area contributed by atoms with Crippen LogP contribution in [-0.4, -0.2) is 22.4 Å². The van der Waals surface area contributed by atoms with Crippen molar-refractivity contribution < 1.29 is 9.47 Å². The zero-order valence-corrected chi connectivity index (χ0v) is 7.73. The van der Waals surface area contributed by atoms with Crippen LogP contribution in [0.1, 0.15) is 25.6 Å². The smallest absolute Gasteiger partial charge is 0.163 e. The van der Waals surface area contributed by atoms with Gasteiger partial charge in [0.2, 0.25) is 0 Å². The molecule has 70 valence electrons. The second kappa shape index (κ2) is 3.05. The summed E-state index contributed by atoms with van der Waals surface area (Å²) in [6.45, 7) is 4.33. The fraction of sp³-hybridized carbons (Fsp3) is 0.556. The fourth-order valence-electron chi connectivity index (χ4n) is 1.31. The van der Waals surface area contributed by atoms with E-state index in [1.165, 1.54) is 0 Å². The molecule has 13 heavy (non-hydrogen) atoms. The molecule has 0 spiro atoms. The van der Waals surface area contributed by atoms with E-state index >= 15 is 0 Å². The molecule has 1 saturated heterocycles. The predicted octanol–water partition coefficient (Wildman–Crippen LogP) is 1.30. The van der Waals surface area contributed by atoms with Crippen molar-refractivity contribution in [2.45, 2.75) is 25.7 Å². The Morgan fingerprint density at radius 3 is 2.85 bits per heavy atom. The van der Waals surface area contributed by atoms with Gasteiger partial charge in [0, 0.05) is 12.4 Å². The summed E-state index contributed by atoms with van der Waals surface area (Å²) < 4.78 is 11.0. The zero-order valence-electron chi connectivity index (χ0n) is 7.73. The number of ether oxygens (including phenoxy) is 2. The Hall–Kier alpha value is -1.00. The van der Waals surface area contributed by atoms with E-state index in [0.717, 1.165) is 5.69 Å². The first-order valence-corrected chi connectivity index (χ1v) is 4.25. The third-order valence-corrected chi connectivity index (χ3v) is 1.92. The Morgan fingerprint density at radius 1 is 1.46 bits per heavy atom. The van der Waals surface area contributed by atoms with Crippen LogP contribution >= 0.6 is 0 Å².